The molecule has 0 saturated carbocycles. The van der Waals surface area contributed by atoms with Gasteiger partial charge in [-0.2, -0.15) is 11.3 Å². The Bertz CT molecular complexity index is 626. The van der Waals surface area contributed by atoms with Gasteiger partial charge in [-0.1, -0.05) is 0 Å². The molecule has 2 aromatic heterocycles. The van der Waals surface area contributed by atoms with Gasteiger partial charge in [0.05, 0.1) is 0 Å². The van der Waals surface area contributed by atoms with Gasteiger partial charge in [0.1, 0.15) is 0 Å². The van der Waals surface area contributed by atoms with Crippen molar-refractivity contribution < 1.29 is 4.79 Å². The SMILES string of the molecule is O=C(N[C@H]1CN2CCC1CC2)n1ccc(-c2ccsc2)c1. The normalized spacial score (nSPS) is 27.7. The maximum atomic E-state index is 12.4. The third kappa shape index (κ3) is 2.51. The molecule has 5 heteroatoms. The van der Waals surface area contributed by atoms with Gasteiger partial charge >= 0.3 is 6.03 Å². The lowest BCUT2D eigenvalue weighted by Crippen LogP contribution is -2.57. The number of aromatic nitrogens is 1. The van der Waals surface area contributed by atoms with E-state index in [0.29, 0.717) is 12.0 Å². The molecule has 3 aliphatic rings. The van der Waals surface area contributed by atoms with Crippen molar-refractivity contribution in [2.24, 2.45) is 5.92 Å². The molecule has 2 aromatic rings. The molecule has 0 radical (unpaired) electrons. The summed E-state index contributed by atoms with van der Waals surface area (Å²) in [5, 5.41) is 7.37. The number of nitrogens with zero attached hydrogens (tertiary/aromatic N) is 2. The van der Waals surface area contributed by atoms with E-state index in [-0.39, 0.29) is 6.03 Å². The maximum absolute atomic E-state index is 12.4. The fourth-order valence-corrected chi connectivity index (χ4v) is 4.15. The van der Waals surface area contributed by atoms with Gasteiger partial charge in [0.2, 0.25) is 0 Å². The van der Waals surface area contributed by atoms with Crippen LogP contribution in [0.2, 0.25) is 0 Å². The number of nitrogens with one attached hydrogen (secondary N) is 1. The summed E-state index contributed by atoms with van der Waals surface area (Å²) >= 11 is 1.67. The van der Waals surface area contributed by atoms with Gasteiger partial charge in [-0.15, -0.1) is 0 Å². The lowest BCUT2D eigenvalue weighted by atomic mass is 9.84. The Kier molecular flexibility index (Phi) is 3.31. The molecule has 0 aliphatic carbocycles. The van der Waals surface area contributed by atoms with Gasteiger partial charge in [0.15, 0.2) is 0 Å². The van der Waals surface area contributed by atoms with E-state index in [9.17, 15) is 4.79 Å². The van der Waals surface area contributed by atoms with Crippen molar-refractivity contribution in [2.75, 3.05) is 19.6 Å². The van der Waals surface area contributed by atoms with Crippen LogP contribution in [0.5, 0.6) is 0 Å². The van der Waals surface area contributed by atoms with Crippen LogP contribution in [0.25, 0.3) is 11.1 Å². The largest absolute Gasteiger partial charge is 0.333 e. The first-order chi connectivity index (χ1) is 10.3. The molecular weight excluding hydrogens is 282 g/mol. The third-order valence-electron chi connectivity index (χ3n) is 4.75. The molecule has 3 aliphatic heterocycles. The van der Waals surface area contributed by atoms with Crippen LogP contribution in [-0.4, -0.2) is 41.2 Å². The third-order valence-corrected chi connectivity index (χ3v) is 5.43. The van der Waals surface area contributed by atoms with Crippen LogP contribution in [-0.2, 0) is 0 Å². The topological polar surface area (TPSA) is 37.3 Å². The van der Waals surface area contributed by atoms with Crippen molar-refractivity contribution in [1.82, 2.24) is 14.8 Å². The highest BCUT2D eigenvalue weighted by Crippen LogP contribution is 2.27. The summed E-state index contributed by atoms with van der Waals surface area (Å²) in [6, 6.07) is 4.38. The summed E-state index contributed by atoms with van der Waals surface area (Å²) in [5.41, 5.74) is 2.27. The van der Waals surface area contributed by atoms with Crippen molar-refractivity contribution >= 4 is 17.4 Å². The summed E-state index contributed by atoms with van der Waals surface area (Å²) in [6.45, 7) is 3.40. The first kappa shape index (κ1) is 13.1. The zero-order valence-corrected chi connectivity index (χ0v) is 12.7. The Labute approximate surface area is 128 Å². The Morgan fingerprint density at radius 3 is 2.76 bits per heavy atom. The lowest BCUT2D eigenvalue weighted by Gasteiger charge is -2.44. The zero-order chi connectivity index (χ0) is 14.2. The second-order valence-corrected chi connectivity index (χ2v) is 6.79. The standard InChI is InChI=1S/C16H19N3OS/c20-16(17-15-10-18-5-1-12(15)2-6-18)19-7-3-13(9-19)14-4-8-21-11-14/h3-4,7-9,11-12,15H,1-2,5-6,10H2,(H,17,20)/t15-/m0/s1. The predicted octanol–water partition coefficient (Wildman–Crippen LogP) is 2.87. The molecule has 0 spiro atoms. The van der Waals surface area contributed by atoms with Crippen LogP contribution in [0.4, 0.5) is 4.79 Å². The van der Waals surface area contributed by atoms with Gasteiger partial charge in [-0.25, -0.2) is 4.79 Å². The van der Waals surface area contributed by atoms with Crippen LogP contribution in [0, 0.1) is 5.92 Å². The molecule has 21 heavy (non-hydrogen) atoms. The number of fused-ring (bicyclic) bond motifs is 3. The Hall–Kier alpha value is -1.59. The highest BCUT2D eigenvalue weighted by molar-refractivity contribution is 7.08. The Morgan fingerprint density at radius 1 is 1.24 bits per heavy atom. The van der Waals surface area contributed by atoms with Gasteiger partial charge in [-0.3, -0.25) is 4.57 Å². The molecule has 1 N–H and O–H groups in total. The van der Waals surface area contributed by atoms with E-state index in [0.717, 1.165) is 12.1 Å². The van der Waals surface area contributed by atoms with E-state index >= 15 is 0 Å². The summed E-state index contributed by atoms with van der Waals surface area (Å²) < 4.78 is 1.67. The maximum Gasteiger partial charge on any atom is 0.325 e. The Balaban J connectivity index is 1.46. The van der Waals surface area contributed by atoms with E-state index < -0.39 is 0 Å². The minimum absolute atomic E-state index is 0.00442. The molecule has 1 amide bonds. The second-order valence-electron chi connectivity index (χ2n) is 6.01. The minimum Gasteiger partial charge on any atom is -0.333 e. The smallest absolute Gasteiger partial charge is 0.325 e. The quantitative estimate of drug-likeness (QED) is 0.926. The van der Waals surface area contributed by atoms with Crippen molar-refractivity contribution in [3.63, 3.8) is 0 Å². The zero-order valence-electron chi connectivity index (χ0n) is 11.9. The van der Waals surface area contributed by atoms with Crippen molar-refractivity contribution in [1.29, 1.82) is 0 Å². The molecule has 1 atom stereocenters. The van der Waals surface area contributed by atoms with E-state index in [4.69, 9.17) is 0 Å². The van der Waals surface area contributed by atoms with Crippen LogP contribution in [0.3, 0.4) is 0 Å². The van der Waals surface area contributed by atoms with Gasteiger partial charge in [0.25, 0.3) is 0 Å². The number of amides is 1. The number of piperidine rings is 3. The average Bonchev–Trinajstić information content (AvgIpc) is 3.20. The molecule has 0 unspecified atom stereocenters. The van der Waals surface area contributed by atoms with Gasteiger partial charge in [-0.05, 0) is 60.3 Å². The van der Waals surface area contributed by atoms with E-state index in [1.165, 1.54) is 31.5 Å². The molecule has 3 fully saturated rings. The van der Waals surface area contributed by atoms with Crippen LogP contribution in [0.1, 0.15) is 12.8 Å². The summed E-state index contributed by atoms with van der Waals surface area (Å²) in [6.07, 6.45) is 6.20. The molecular formula is C16H19N3OS. The predicted molar refractivity (Wildman–Crippen MR) is 84.6 cm³/mol. The minimum atomic E-state index is -0.00442. The van der Waals surface area contributed by atoms with Gasteiger partial charge < -0.3 is 10.2 Å². The molecule has 5 rings (SSSR count). The number of hydrogen-bond acceptors (Lipinski definition) is 3. The lowest BCUT2D eigenvalue weighted by molar-refractivity contribution is 0.0767. The fourth-order valence-electron chi connectivity index (χ4n) is 3.48. The average molecular weight is 301 g/mol. The highest BCUT2D eigenvalue weighted by atomic mass is 32.1. The van der Waals surface area contributed by atoms with Crippen LogP contribution >= 0.6 is 11.3 Å². The molecule has 3 saturated heterocycles. The number of rotatable bonds is 2. The van der Waals surface area contributed by atoms with Crippen molar-refractivity contribution in [2.45, 2.75) is 18.9 Å². The van der Waals surface area contributed by atoms with Crippen LogP contribution < -0.4 is 5.32 Å². The van der Waals surface area contributed by atoms with Crippen molar-refractivity contribution in [3.05, 3.63) is 35.3 Å². The molecule has 0 aromatic carbocycles. The first-order valence-corrected chi connectivity index (χ1v) is 8.48. The number of carbonyl (C=O) groups is 1. The number of thiophene rings is 1. The van der Waals surface area contributed by atoms with E-state index in [2.05, 4.69) is 27.0 Å². The first-order valence-electron chi connectivity index (χ1n) is 7.53. The Morgan fingerprint density at radius 2 is 2.10 bits per heavy atom. The molecule has 4 nitrogen and oxygen atoms in total. The number of hydrogen-bond donors (Lipinski definition) is 1. The summed E-state index contributed by atoms with van der Waals surface area (Å²) in [7, 11) is 0. The second kappa shape index (κ2) is 5.31. The van der Waals surface area contributed by atoms with Crippen molar-refractivity contribution in [3.8, 4) is 11.1 Å². The monoisotopic (exact) mass is 301 g/mol. The van der Waals surface area contributed by atoms with Gasteiger partial charge in [0, 0.05) is 30.5 Å². The molecule has 2 bridgehead atoms. The van der Waals surface area contributed by atoms with E-state index in [1.807, 2.05) is 18.5 Å². The molecule has 110 valence electrons. The summed E-state index contributed by atoms with van der Waals surface area (Å²) in [4.78, 5) is 14.9. The highest BCUT2D eigenvalue weighted by Gasteiger charge is 2.34. The number of carbonyl (C=O) groups excluding carboxylic acids is 1. The van der Waals surface area contributed by atoms with Crippen LogP contribution in [0.15, 0.2) is 35.3 Å². The fraction of sp³-hybridized carbons (Fsp3) is 0.438. The van der Waals surface area contributed by atoms with E-state index in [1.54, 1.807) is 15.9 Å². The summed E-state index contributed by atoms with van der Waals surface area (Å²) in [5.74, 6) is 0.658. The molecule has 5 heterocycles.